The van der Waals surface area contributed by atoms with E-state index in [0.717, 1.165) is 29.6 Å². The molecule has 0 amide bonds. The fourth-order valence-corrected chi connectivity index (χ4v) is 3.24. The highest BCUT2D eigenvalue weighted by Gasteiger charge is 2.16. The molecule has 0 aliphatic carbocycles. The first kappa shape index (κ1) is 15.5. The largest absolute Gasteiger partial charge is 0.497 e. The number of rotatable bonds is 7. The second-order valence-corrected chi connectivity index (χ2v) is 6.39. The molecule has 108 valence electrons. The zero-order valence-corrected chi connectivity index (χ0v) is 14.1. The monoisotopic (exact) mass is 354 g/mol. The zero-order chi connectivity index (χ0) is 14.4. The lowest BCUT2D eigenvalue weighted by Gasteiger charge is -2.20. The van der Waals surface area contributed by atoms with E-state index in [1.165, 1.54) is 10.4 Å². The van der Waals surface area contributed by atoms with Crippen molar-refractivity contribution in [3.63, 3.8) is 0 Å². The second-order valence-electron chi connectivity index (χ2n) is 4.57. The highest BCUT2D eigenvalue weighted by Crippen LogP contribution is 2.30. The molecular weight excluding hydrogens is 336 g/mol. The number of ether oxygens (including phenoxy) is 1. The van der Waals surface area contributed by atoms with E-state index in [9.17, 15) is 0 Å². The number of halogens is 1. The van der Waals surface area contributed by atoms with Crippen molar-refractivity contribution in [2.24, 2.45) is 0 Å². The topological polar surface area (TPSA) is 34.2 Å². The molecule has 0 saturated carbocycles. The second kappa shape index (κ2) is 7.76. The molecule has 1 unspecified atom stereocenters. The molecule has 1 atom stereocenters. The number of thiazole rings is 1. The average Bonchev–Trinajstić information content (AvgIpc) is 2.97. The summed E-state index contributed by atoms with van der Waals surface area (Å²) in [6, 6.07) is 6.37. The van der Waals surface area contributed by atoms with E-state index in [2.05, 4.69) is 39.2 Å². The van der Waals surface area contributed by atoms with E-state index >= 15 is 0 Å². The summed E-state index contributed by atoms with van der Waals surface area (Å²) >= 11 is 5.35. The molecule has 0 radical (unpaired) electrons. The summed E-state index contributed by atoms with van der Waals surface area (Å²) < 4.78 is 6.45. The SMILES string of the molecule is CCCNC(Cc1cncs1)c1cc(OC)ccc1Br. The first-order valence-corrected chi connectivity index (χ1v) is 8.36. The van der Waals surface area contributed by atoms with Crippen LogP contribution in [0.25, 0.3) is 0 Å². The molecule has 0 saturated heterocycles. The summed E-state index contributed by atoms with van der Waals surface area (Å²) in [6.45, 7) is 3.17. The third-order valence-corrected chi connectivity index (χ3v) is 4.63. The van der Waals surface area contributed by atoms with E-state index in [1.807, 2.05) is 23.8 Å². The van der Waals surface area contributed by atoms with E-state index in [1.54, 1.807) is 18.4 Å². The van der Waals surface area contributed by atoms with Crippen LogP contribution in [-0.2, 0) is 6.42 Å². The van der Waals surface area contributed by atoms with Gasteiger partial charge in [0.2, 0.25) is 0 Å². The Hall–Kier alpha value is -0.910. The summed E-state index contributed by atoms with van der Waals surface area (Å²) in [7, 11) is 1.70. The van der Waals surface area contributed by atoms with Crippen LogP contribution >= 0.6 is 27.3 Å². The Morgan fingerprint density at radius 3 is 2.95 bits per heavy atom. The first-order chi connectivity index (χ1) is 9.74. The predicted molar refractivity (Wildman–Crippen MR) is 87.5 cm³/mol. The third kappa shape index (κ3) is 4.04. The van der Waals surface area contributed by atoms with Gasteiger partial charge < -0.3 is 10.1 Å². The van der Waals surface area contributed by atoms with Crippen molar-refractivity contribution < 1.29 is 4.74 Å². The molecule has 2 rings (SSSR count). The number of nitrogens with zero attached hydrogens (tertiary/aromatic N) is 1. The first-order valence-electron chi connectivity index (χ1n) is 6.68. The van der Waals surface area contributed by atoms with Crippen LogP contribution in [-0.4, -0.2) is 18.6 Å². The molecule has 0 fully saturated rings. The van der Waals surface area contributed by atoms with Crippen molar-refractivity contribution in [1.29, 1.82) is 0 Å². The smallest absolute Gasteiger partial charge is 0.119 e. The highest BCUT2D eigenvalue weighted by molar-refractivity contribution is 9.10. The summed E-state index contributed by atoms with van der Waals surface area (Å²) in [5.41, 5.74) is 3.11. The summed E-state index contributed by atoms with van der Waals surface area (Å²) in [6.07, 6.45) is 4.00. The van der Waals surface area contributed by atoms with Gasteiger partial charge in [-0.2, -0.15) is 0 Å². The van der Waals surface area contributed by atoms with Crippen LogP contribution in [0.15, 0.2) is 34.4 Å². The maximum absolute atomic E-state index is 5.34. The lowest BCUT2D eigenvalue weighted by Crippen LogP contribution is -2.24. The Morgan fingerprint density at radius 1 is 1.45 bits per heavy atom. The van der Waals surface area contributed by atoms with Crippen molar-refractivity contribution in [3.05, 3.63) is 44.8 Å². The van der Waals surface area contributed by atoms with E-state index < -0.39 is 0 Å². The molecule has 5 heteroatoms. The molecule has 0 aliphatic rings. The van der Waals surface area contributed by atoms with Gasteiger partial charge in [0.25, 0.3) is 0 Å². The van der Waals surface area contributed by atoms with E-state index in [0.29, 0.717) is 0 Å². The molecule has 1 aromatic heterocycles. The van der Waals surface area contributed by atoms with Crippen molar-refractivity contribution in [3.8, 4) is 5.75 Å². The number of hydrogen-bond donors (Lipinski definition) is 1. The molecule has 1 aromatic carbocycles. The number of nitrogens with one attached hydrogen (secondary N) is 1. The van der Waals surface area contributed by atoms with Gasteiger partial charge in [-0.05, 0) is 36.7 Å². The summed E-state index contributed by atoms with van der Waals surface area (Å²) in [5.74, 6) is 0.885. The van der Waals surface area contributed by atoms with Crippen LogP contribution < -0.4 is 10.1 Å². The zero-order valence-electron chi connectivity index (χ0n) is 11.7. The molecule has 1 N–H and O–H groups in total. The maximum atomic E-state index is 5.34. The normalized spacial score (nSPS) is 12.3. The van der Waals surface area contributed by atoms with E-state index in [4.69, 9.17) is 4.74 Å². The van der Waals surface area contributed by atoms with Gasteiger partial charge in [-0.1, -0.05) is 22.9 Å². The highest BCUT2D eigenvalue weighted by atomic mass is 79.9. The van der Waals surface area contributed by atoms with Gasteiger partial charge >= 0.3 is 0 Å². The standard InChI is InChI=1S/C15H19BrN2OS/c1-3-6-18-15(8-12-9-17-10-20-12)13-7-11(19-2)4-5-14(13)16/h4-5,7,9-10,15,18H,3,6,8H2,1-2H3. The van der Waals surface area contributed by atoms with Gasteiger partial charge in [0.15, 0.2) is 0 Å². The van der Waals surface area contributed by atoms with Crippen molar-refractivity contribution in [2.75, 3.05) is 13.7 Å². The van der Waals surface area contributed by atoms with Gasteiger partial charge in [0.05, 0.1) is 12.6 Å². The minimum atomic E-state index is 0.264. The molecule has 2 aromatic rings. The molecule has 0 aliphatic heterocycles. The van der Waals surface area contributed by atoms with Crippen molar-refractivity contribution in [1.82, 2.24) is 10.3 Å². The van der Waals surface area contributed by atoms with Gasteiger partial charge in [-0.15, -0.1) is 11.3 Å². The fourth-order valence-electron chi connectivity index (χ4n) is 2.07. The van der Waals surface area contributed by atoms with Crippen LogP contribution in [0.2, 0.25) is 0 Å². The van der Waals surface area contributed by atoms with Gasteiger partial charge in [-0.25, -0.2) is 0 Å². The summed E-state index contributed by atoms with van der Waals surface area (Å²) in [5, 5.41) is 3.61. The van der Waals surface area contributed by atoms with Crippen LogP contribution in [0.4, 0.5) is 0 Å². The number of aromatic nitrogens is 1. The van der Waals surface area contributed by atoms with E-state index in [-0.39, 0.29) is 6.04 Å². The molecule has 3 nitrogen and oxygen atoms in total. The Balaban J connectivity index is 2.24. The van der Waals surface area contributed by atoms with Crippen molar-refractivity contribution in [2.45, 2.75) is 25.8 Å². The minimum Gasteiger partial charge on any atom is -0.497 e. The Morgan fingerprint density at radius 2 is 2.30 bits per heavy atom. The Labute approximate surface area is 132 Å². The van der Waals surface area contributed by atoms with Crippen LogP contribution in [0, 0.1) is 0 Å². The summed E-state index contributed by atoms with van der Waals surface area (Å²) in [4.78, 5) is 5.45. The van der Waals surface area contributed by atoms with Crippen LogP contribution in [0.3, 0.4) is 0 Å². The lowest BCUT2D eigenvalue weighted by atomic mass is 10.0. The molecule has 0 spiro atoms. The van der Waals surface area contributed by atoms with Crippen molar-refractivity contribution >= 4 is 27.3 Å². The number of methoxy groups -OCH3 is 1. The maximum Gasteiger partial charge on any atom is 0.119 e. The minimum absolute atomic E-state index is 0.264. The lowest BCUT2D eigenvalue weighted by molar-refractivity contribution is 0.412. The molecule has 1 heterocycles. The number of benzene rings is 1. The number of hydrogen-bond acceptors (Lipinski definition) is 4. The third-order valence-electron chi connectivity index (χ3n) is 3.11. The Bertz CT molecular complexity index is 531. The quantitative estimate of drug-likeness (QED) is 0.808. The molecule has 0 bridgehead atoms. The van der Waals surface area contributed by atoms with Gasteiger partial charge in [0.1, 0.15) is 5.75 Å². The molecular formula is C15H19BrN2OS. The average molecular weight is 355 g/mol. The van der Waals surface area contributed by atoms with Crippen LogP contribution in [0.5, 0.6) is 5.75 Å². The molecule has 20 heavy (non-hydrogen) atoms. The fraction of sp³-hybridized carbons (Fsp3) is 0.400. The predicted octanol–water partition coefficient (Wildman–Crippen LogP) is 4.20. The van der Waals surface area contributed by atoms with Gasteiger partial charge in [-0.3, -0.25) is 4.98 Å². The van der Waals surface area contributed by atoms with Crippen LogP contribution in [0.1, 0.15) is 29.8 Å². The Kier molecular flexibility index (Phi) is 6.01. The van der Waals surface area contributed by atoms with Gasteiger partial charge in [0, 0.05) is 28.0 Å².